The lowest BCUT2D eigenvalue weighted by molar-refractivity contribution is -0.134. The number of amides is 2. The Bertz CT molecular complexity index is 1160. The van der Waals surface area contributed by atoms with Crippen molar-refractivity contribution in [3.05, 3.63) is 42.5 Å². The van der Waals surface area contributed by atoms with Gasteiger partial charge in [-0.05, 0) is 48.9 Å². The first-order valence-corrected chi connectivity index (χ1v) is 12.4. The highest BCUT2D eigenvalue weighted by Gasteiger charge is 2.32. The fraction of sp³-hybridized carbons (Fsp3) is 0.391. The number of fused-ring (bicyclic) bond motifs is 1. The van der Waals surface area contributed by atoms with Crippen LogP contribution in [0.2, 0.25) is 0 Å². The molecule has 1 unspecified atom stereocenters. The molecule has 4 rings (SSSR count). The molecule has 182 valence electrons. The van der Waals surface area contributed by atoms with Gasteiger partial charge in [0, 0.05) is 26.2 Å². The van der Waals surface area contributed by atoms with Crippen LogP contribution in [0.15, 0.2) is 47.4 Å². The van der Waals surface area contributed by atoms with Crippen molar-refractivity contribution in [3.8, 4) is 17.2 Å². The van der Waals surface area contributed by atoms with Crippen LogP contribution in [-0.4, -0.2) is 75.4 Å². The van der Waals surface area contributed by atoms with Gasteiger partial charge in [-0.25, -0.2) is 8.42 Å². The summed E-state index contributed by atoms with van der Waals surface area (Å²) in [6.07, 6.45) is -0.0753. The van der Waals surface area contributed by atoms with Crippen molar-refractivity contribution in [2.24, 2.45) is 0 Å². The molecule has 2 heterocycles. The smallest absolute Gasteiger partial charge is 0.265 e. The second kappa shape index (κ2) is 9.90. The molecule has 2 amide bonds. The van der Waals surface area contributed by atoms with Gasteiger partial charge in [-0.2, -0.15) is 4.31 Å². The van der Waals surface area contributed by atoms with E-state index in [1.54, 1.807) is 42.3 Å². The van der Waals surface area contributed by atoms with Gasteiger partial charge >= 0.3 is 0 Å². The van der Waals surface area contributed by atoms with Crippen molar-refractivity contribution in [1.29, 1.82) is 0 Å². The molecule has 0 radical (unpaired) electrons. The zero-order valence-electron chi connectivity index (χ0n) is 19.0. The minimum atomic E-state index is -3.80. The number of carbonyl (C=O) groups excluding carboxylic acids is 2. The molecular weight excluding hydrogens is 462 g/mol. The van der Waals surface area contributed by atoms with Gasteiger partial charge in [-0.1, -0.05) is 6.92 Å². The first-order chi connectivity index (χ1) is 16.3. The van der Waals surface area contributed by atoms with E-state index in [0.717, 1.165) is 0 Å². The highest BCUT2D eigenvalue weighted by molar-refractivity contribution is 7.89. The fourth-order valence-electron chi connectivity index (χ4n) is 3.79. The Labute approximate surface area is 198 Å². The third-order valence-corrected chi connectivity index (χ3v) is 7.69. The second-order valence-electron chi connectivity index (χ2n) is 7.91. The average Bonchev–Trinajstić information content (AvgIpc) is 2.86. The number of piperazine rings is 1. The summed E-state index contributed by atoms with van der Waals surface area (Å²) in [5.41, 5.74) is 0.334. The maximum absolute atomic E-state index is 13.1. The number of anilines is 1. The highest BCUT2D eigenvalue weighted by Crippen LogP contribution is 2.33. The van der Waals surface area contributed by atoms with Crippen LogP contribution in [-0.2, 0) is 19.6 Å². The molecule has 0 bridgehead atoms. The van der Waals surface area contributed by atoms with E-state index in [1.807, 2.05) is 6.92 Å². The number of ether oxygens (including phenoxy) is 3. The lowest BCUT2D eigenvalue weighted by Gasteiger charge is -2.34. The minimum Gasteiger partial charge on any atom is -0.497 e. The fourth-order valence-corrected chi connectivity index (χ4v) is 5.24. The van der Waals surface area contributed by atoms with E-state index >= 15 is 0 Å². The van der Waals surface area contributed by atoms with Crippen LogP contribution in [0.3, 0.4) is 0 Å². The molecule has 1 N–H and O–H groups in total. The van der Waals surface area contributed by atoms with E-state index in [9.17, 15) is 18.0 Å². The number of hydrogen-bond donors (Lipinski definition) is 1. The first-order valence-electron chi connectivity index (χ1n) is 11.0. The van der Waals surface area contributed by atoms with E-state index in [4.69, 9.17) is 14.2 Å². The molecular formula is C23H27N3O7S. The maximum atomic E-state index is 13.1. The number of nitrogens with one attached hydrogen (secondary N) is 1. The molecule has 0 aliphatic carbocycles. The second-order valence-corrected chi connectivity index (χ2v) is 9.85. The molecule has 34 heavy (non-hydrogen) atoms. The third-order valence-electron chi connectivity index (χ3n) is 5.79. The molecule has 0 aromatic heterocycles. The predicted octanol–water partition coefficient (Wildman–Crippen LogP) is 1.72. The molecule has 2 aliphatic heterocycles. The molecule has 2 aromatic rings. The quantitative estimate of drug-likeness (QED) is 0.630. The summed E-state index contributed by atoms with van der Waals surface area (Å²) in [6.45, 7) is 2.54. The molecule has 10 nitrogen and oxygen atoms in total. The molecule has 2 aliphatic rings. The van der Waals surface area contributed by atoms with E-state index in [1.165, 1.54) is 16.4 Å². The number of rotatable bonds is 7. The number of hydrogen-bond acceptors (Lipinski definition) is 7. The zero-order valence-corrected chi connectivity index (χ0v) is 19.8. The van der Waals surface area contributed by atoms with Gasteiger partial charge in [0.25, 0.3) is 11.8 Å². The van der Waals surface area contributed by atoms with E-state index < -0.39 is 16.1 Å². The summed E-state index contributed by atoms with van der Waals surface area (Å²) in [4.78, 5) is 26.2. The molecule has 1 saturated heterocycles. The summed E-state index contributed by atoms with van der Waals surface area (Å²) in [5, 5.41) is 2.71. The Hall–Kier alpha value is -3.31. The summed E-state index contributed by atoms with van der Waals surface area (Å²) >= 11 is 0. The zero-order chi connectivity index (χ0) is 24.3. The number of nitrogens with zero attached hydrogens (tertiary/aromatic N) is 2. The molecule has 11 heteroatoms. The lowest BCUT2D eigenvalue weighted by Crippen LogP contribution is -2.51. The Kier molecular flexibility index (Phi) is 6.94. The Balaban J connectivity index is 1.34. The van der Waals surface area contributed by atoms with Crippen molar-refractivity contribution in [2.75, 3.05) is 45.2 Å². The van der Waals surface area contributed by atoms with Crippen molar-refractivity contribution in [3.63, 3.8) is 0 Å². The van der Waals surface area contributed by atoms with Crippen LogP contribution >= 0.6 is 0 Å². The van der Waals surface area contributed by atoms with Crippen LogP contribution in [0.25, 0.3) is 0 Å². The lowest BCUT2D eigenvalue weighted by atomic mass is 10.2. The van der Waals surface area contributed by atoms with Gasteiger partial charge in [0.15, 0.2) is 12.7 Å². The normalized spacial score (nSPS) is 18.5. The van der Waals surface area contributed by atoms with E-state index in [0.29, 0.717) is 29.4 Å². The summed E-state index contributed by atoms with van der Waals surface area (Å²) in [7, 11) is -2.23. The number of sulfonamides is 1. The van der Waals surface area contributed by atoms with Gasteiger partial charge in [0.05, 0.1) is 17.7 Å². The van der Waals surface area contributed by atoms with E-state index in [-0.39, 0.29) is 49.5 Å². The highest BCUT2D eigenvalue weighted by atomic mass is 32.2. The molecule has 2 aromatic carbocycles. The molecule has 1 fully saturated rings. The van der Waals surface area contributed by atoms with Crippen molar-refractivity contribution < 1.29 is 32.2 Å². The van der Waals surface area contributed by atoms with Crippen LogP contribution in [0.5, 0.6) is 17.2 Å². The van der Waals surface area contributed by atoms with Crippen molar-refractivity contribution in [2.45, 2.75) is 24.3 Å². The van der Waals surface area contributed by atoms with Crippen LogP contribution in [0, 0.1) is 0 Å². The third kappa shape index (κ3) is 4.95. The Morgan fingerprint density at radius 2 is 1.76 bits per heavy atom. The molecule has 0 saturated carbocycles. The monoisotopic (exact) mass is 489 g/mol. The van der Waals surface area contributed by atoms with Crippen LogP contribution in [0.1, 0.15) is 13.3 Å². The Morgan fingerprint density at radius 1 is 1.09 bits per heavy atom. The standard InChI is InChI=1S/C23H27N3O7S/c1-3-20-23(28)24-19-14-18(8-9-21(19)33-20)34(29,30)26-12-10-25(11-13-26)22(27)15-32-17-6-4-16(31-2)5-7-17/h4-9,14,20H,3,10-13,15H2,1-2H3,(H,24,28). The number of benzene rings is 2. The summed E-state index contributed by atoms with van der Waals surface area (Å²) in [6, 6.07) is 11.3. The topological polar surface area (TPSA) is 114 Å². The van der Waals surface area contributed by atoms with Crippen LogP contribution < -0.4 is 19.5 Å². The first kappa shape index (κ1) is 23.8. The molecule has 1 atom stereocenters. The summed E-state index contributed by atoms with van der Waals surface area (Å²) in [5.74, 6) is 1.16. The largest absolute Gasteiger partial charge is 0.497 e. The maximum Gasteiger partial charge on any atom is 0.265 e. The van der Waals surface area contributed by atoms with Gasteiger partial charge in [0.2, 0.25) is 10.0 Å². The summed E-state index contributed by atoms with van der Waals surface area (Å²) < 4.78 is 43.9. The van der Waals surface area contributed by atoms with Crippen molar-refractivity contribution >= 4 is 27.5 Å². The van der Waals surface area contributed by atoms with Gasteiger partial charge in [-0.15, -0.1) is 0 Å². The SMILES string of the molecule is CCC1Oc2ccc(S(=O)(=O)N3CCN(C(=O)COc4ccc(OC)cc4)CC3)cc2NC1=O. The molecule has 0 spiro atoms. The Morgan fingerprint density at radius 3 is 2.41 bits per heavy atom. The van der Waals surface area contributed by atoms with Gasteiger partial charge in [0.1, 0.15) is 17.2 Å². The van der Waals surface area contributed by atoms with Crippen LogP contribution in [0.4, 0.5) is 5.69 Å². The minimum absolute atomic E-state index is 0.0627. The van der Waals surface area contributed by atoms with E-state index in [2.05, 4.69) is 5.32 Å². The van der Waals surface area contributed by atoms with Gasteiger partial charge < -0.3 is 24.4 Å². The van der Waals surface area contributed by atoms with Gasteiger partial charge in [-0.3, -0.25) is 9.59 Å². The average molecular weight is 490 g/mol. The number of carbonyl (C=O) groups is 2. The predicted molar refractivity (Wildman–Crippen MR) is 124 cm³/mol. The van der Waals surface area contributed by atoms with Crippen molar-refractivity contribution in [1.82, 2.24) is 9.21 Å². The number of methoxy groups -OCH3 is 1.